The first-order valence-corrected chi connectivity index (χ1v) is 8.78. The number of rotatable bonds is 4. The first kappa shape index (κ1) is 15.7. The number of nitro groups is 1. The molecule has 20 heavy (non-hydrogen) atoms. The van der Waals surface area contributed by atoms with Crippen LogP contribution in [0.2, 0.25) is 0 Å². The highest BCUT2D eigenvalue weighted by Crippen LogP contribution is 2.34. The van der Waals surface area contributed by atoms with E-state index in [4.69, 9.17) is 0 Å². The molecule has 2 aromatic carbocycles. The summed E-state index contributed by atoms with van der Waals surface area (Å²) in [5.41, 5.74) is 4.23. The average Bonchev–Trinajstić information content (AvgIpc) is 2.46. The molecule has 3 nitrogen and oxygen atoms in total. The molecule has 0 aliphatic heterocycles. The summed E-state index contributed by atoms with van der Waals surface area (Å²) in [7, 11) is 0. The Morgan fingerprint density at radius 3 is 2.25 bits per heavy atom. The second kappa shape index (κ2) is 6.83. The smallest absolute Gasteiger partial charge is 0.258 e. The van der Waals surface area contributed by atoms with Crippen molar-refractivity contribution in [3.8, 4) is 11.1 Å². The third-order valence-corrected chi connectivity index (χ3v) is 4.65. The first-order valence-electron chi connectivity index (χ1n) is 5.75. The number of hydrogen-bond donors (Lipinski definition) is 0. The van der Waals surface area contributed by atoms with E-state index in [1.165, 1.54) is 0 Å². The Kier molecular flexibility index (Phi) is 5.35. The van der Waals surface area contributed by atoms with Crippen LogP contribution in [0.4, 0.5) is 5.69 Å². The van der Waals surface area contributed by atoms with E-state index in [0.717, 1.165) is 32.1 Å². The van der Waals surface area contributed by atoms with E-state index in [-0.39, 0.29) is 10.6 Å². The van der Waals surface area contributed by atoms with Gasteiger partial charge in [-0.15, -0.1) is 0 Å². The number of hydrogen-bond acceptors (Lipinski definition) is 2. The summed E-state index contributed by atoms with van der Waals surface area (Å²) in [6.07, 6.45) is 0. The van der Waals surface area contributed by atoms with E-state index < -0.39 is 0 Å². The van der Waals surface area contributed by atoms with Crippen LogP contribution in [0.1, 0.15) is 11.1 Å². The maximum absolute atomic E-state index is 10.9. The predicted octanol–water partition coefficient (Wildman–Crippen LogP) is 5.81. The van der Waals surface area contributed by atoms with Gasteiger partial charge in [0, 0.05) is 27.3 Å². The lowest BCUT2D eigenvalue weighted by Crippen LogP contribution is -1.94. The van der Waals surface area contributed by atoms with Gasteiger partial charge < -0.3 is 0 Å². The fourth-order valence-electron chi connectivity index (χ4n) is 1.98. The van der Waals surface area contributed by atoms with E-state index >= 15 is 0 Å². The average molecular weight is 464 g/mol. The second-order valence-corrected chi connectivity index (χ2v) is 6.20. The molecule has 0 saturated heterocycles. The van der Waals surface area contributed by atoms with E-state index in [2.05, 4.69) is 47.8 Å². The Morgan fingerprint density at radius 2 is 1.65 bits per heavy atom. The first-order chi connectivity index (χ1) is 9.56. The molecule has 2 aromatic rings. The van der Waals surface area contributed by atoms with Gasteiger partial charge in [0.2, 0.25) is 0 Å². The summed E-state index contributed by atoms with van der Waals surface area (Å²) >= 11 is 10.4. The highest BCUT2D eigenvalue weighted by Gasteiger charge is 2.14. The Balaban J connectivity index is 2.63. The van der Waals surface area contributed by atoms with Crippen LogP contribution in [0.15, 0.2) is 40.9 Å². The minimum atomic E-state index is -0.373. The van der Waals surface area contributed by atoms with Crippen molar-refractivity contribution in [1.82, 2.24) is 0 Å². The van der Waals surface area contributed by atoms with Crippen molar-refractivity contribution in [2.45, 2.75) is 10.7 Å². The molecule has 0 N–H and O–H groups in total. The van der Waals surface area contributed by atoms with E-state index in [1.54, 1.807) is 12.1 Å². The van der Waals surface area contributed by atoms with Crippen LogP contribution in [0.5, 0.6) is 0 Å². The van der Waals surface area contributed by atoms with Gasteiger partial charge in [-0.3, -0.25) is 10.1 Å². The molecule has 0 heterocycles. The minimum Gasteiger partial charge on any atom is -0.258 e. The predicted molar refractivity (Wildman–Crippen MR) is 91.5 cm³/mol. The molecule has 0 spiro atoms. The molecule has 0 amide bonds. The summed E-state index contributed by atoms with van der Waals surface area (Å²) in [5.74, 6) is 0. The number of alkyl halides is 2. The van der Waals surface area contributed by atoms with E-state index in [0.29, 0.717) is 5.33 Å². The standard InChI is InChI=1S/C14H10Br3NO2/c15-7-9-1-2-11(17)6-14(9)13-4-3-12(18(19)20)5-10(13)8-16/h1-6H,7-8H2. The number of halogens is 3. The van der Waals surface area contributed by atoms with Crippen LogP contribution in [0.25, 0.3) is 11.1 Å². The van der Waals surface area contributed by atoms with Crippen molar-refractivity contribution in [3.63, 3.8) is 0 Å². The minimum absolute atomic E-state index is 0.110. The lowest BCUT2D eigenvalue weighted by molar-refractivity contribution is -0.384. The zero-order chi connectivity index (χ0) is 14.7. The molecule has 0 atom stereocenters. The van der Waals surface area contributed by atoms with Crippen molar-refractivity contribution in [2.24, 2.45) is 0 Å². The molecule has 104 valence electrons. The molecule has 0 aromatic heterocycles. The summed E-state index contributed by atoms with van der Waals surface area (Å²) in [6, 6.07) is 11.0. The molecule has 0 unspecified atom stereocenters. The van der Waals surface area contributed by atoms with E-state index in [1.807, 2.05) is 24.3 Å². The van der Waals surface area contributed by atoms with Gasteiger partial charge in [-0.25, -0.2) is 0 Å². The van der Waals surface area contributed by atoms with E-state index in [9.17, 15) is 10.1 Å². The Labute approximate surface area is 141 Å². The number of non-ortho nitro benzene ring substituents is 1. The van der Waals surface area contributed by atoms with Crippen molar-refractivity contribution in [3.05, 3.63) is 62.1 Å². The van der Waals surface area contributed by atoms with Gasteiger partial charge in [0.05, 0.1) is 4.92 Å². The molecule has 0 aliphatic rings. The van der Waals surface area contributed by atoms with Gasteiger partial charge in [-0.2, -0.15) is 0 Å². The molecule has 2 rings (SSSR count). The monoisotopic (exact) mass is 461 g/mol. The zero-order valence-corrected chi connectivity index (χ0v) is 15.0. The van der Waals surface area contributed by atoms with Gasteiger partial charge in [0.15, 0.2) is 0 Å². The largest absolute Gasteiger partial charge is 0.269 e. The summed E-state index contributed by atoms with van der Waals surface area (Å²) < 4.78 is 0.982. The summed E-state index contributed by atoms with van der Waals surface area (Å²) in [6.45, 7) is 0. The Bertz CT molecular complexity index is 659. The van der Waals surface area contributed by atoms with Gasteiger partial charge in [-0.05, 0) is 40.5 Å². The maximum Gasteiger partial charge on any atom is 0.269 e. The van der Waals surface area contributed by atoms with Crippen molar-refractivity contribution in [2.75, 3.05) is 0 Å². The molecule has 0 bridgehead atoms. The van der Waals surface area contributed by atoms with Crippen LogP contribution in [-0.4, -0.2) is 4.92 Å². The Hall–Kier alpha value is -0.720. The van der Waals surface area contributed by atoms with Crippen LogP contribution < -0.4 is 0 Å². The molecule has 0 radical (unpaired) electrons. The molecule has 0 saturated carbocycles. The number of nitro benzene ring substituents is 1. The second-order valence-electron chi connectivity index (χ2n) is 4.17. The zero-order valence-electron chi connectivity index (χ0n) is 10.3. The van der Waals surface area contributed by atoms with Crippen LogP contribution in [0, 0.1) is 10.1 Å². The number of nitrogens with zero attached hydrogens (tertiary/aromatic N) is 1. The fourth-order valence-corrected chi connectivity index (χ4v) is 3.30. The summed E-state index contributed by atoms with van der Waals surface area (Å²) in [4.78, 5) is 10.5. The molecule has 6 heteroatoms. The van der Waals surface area contributed by atoms with Crippen molar-refractivity contribution < 1.29 is 4.92 Å². The lowest BCUT2D eigenvalue weighted by atomic mass is 9.96. The summed E-state index contributed by atoms with van der Waals surface area (Å²) in [5, 5.41) is 12.2. The van der Waals surface area contributed by atoms with Crippen molar-refractivity contribution >= 4 is 53.5 Å². The Morgan fingerprint density at radius 1 is 0.950 bits per heavy atom. The van der Waals surface area contributed by atoms with Gasteiger partial charge in [0.25, 0.3) is 5.69 Å². The van der Waals surface area contributed by atoms with Gasteiger partial charge in [-0.1, -0.05) is 53.9 Å². The van der Waals surface area contributed by atoms with Crippen molar-refractivity contribution in [1.29, 1.82) is 0 Å². The quantitative estimate of drug-likeness (QED) is 0.326. The SMILES string of the molecule is O=[N+]([O-])c1ccc(-c2cc(Br)ccc2CBr)c(CBr)c1. The highest BCUT2D eigenvalue weighted by molar-refractivity contribution is 9.10. The third kappa shape index (κ3) is 3.30. The van der Waals surface area contributed by atoms with Gasteiger partial charge >= 0.3 is 0 Å². The third-order valence-electron chi connectivity index (χ3n) is 2.95. The number of benzene rings is 2. The molecular formula is C14H10Br3NO2. The molecular weight excluding hydrogens is 454 g/mol. The lowest BCUT2D eigenvalue weighted by Gasteiger charge is -2.12. The van der Waals surface area contributed by atoms with Gasteiger partial charge in [0.1, 0.15) is 0 Å². The fraction of sp³-hybridized carbons (Fsp3) is 0.143. The van der Waals surface area contributed by atoms with Crippen LogP contribution in [0.3, 0.4) is 0 Å². The topological polar surface area (TPSA) is 43.1 Å². The molecule has 0 fully saturated rings. The maximum atomic E-state index is 10.9. The molecule has 0 aliphatic carbocycles. The normalized spacial score (nSPS) is 10.6. The van der Waals surface area contributed by atoms with Crippen LogP contribution in [-0.2, 0) is 10.7 Å². The van der Waals surface area contributed by atoms with Crippen LogP contribution >= 0.6 is 47.8 Å². The highest BCUT2D eigenvalue weighted by atomic mass is 79.9.